The summed E-state index contributed by atoms with van der Waals surface area (Å²) in [5, 5.41) is 6.50. The van der Waals surface area contributed by atoms with Gasteiger partial charge in [0.15, 0.2) is 0 Å². The van der Waals surface area contributed by atoms with Crippen LogP contribution in [-0.2, 0) is 0 Å². The summed E-state index contributed by atoms with van der Waals surface area (Å²) < 4.78 is 0. The second-order valence-corrected chi connectivity index (χ2v) is 9.36. The van der Waals surface area contributed by atoms with E-state index in [1.165, 1.54) is 32.1 Å². The van der Waals surface area contributed by atoms with Gasteiger partial charge in [-0.2, -0.15) is 0 Å². The first-order chi connectivity index (χ1) is 13.7. The number of pyridine rings is 1. The van der Waals surface area contributed by atoms with Gasteiger partial charge in [-0.15, -0.1) is 0 Å². The van der Waals surface area contributed by atoms with Crippen molar-refractivity contribution in [1.29, 1.82) is 0 Å². The number of likely N-dealkylation sites (tertiary alicyclic amines) is 1. The van der Waals surface area contributed by atoms with E-state index in [2.05, 4.69) is 15.6 Å². The van der Waals surface area contributed by atoms with Gasteiger partial charge in [-0.3, -0.25) is 9.78 Å². The molecule has 6 heteroatoms. The highest BCUT2D eigenvalue weighted by molar-refractivity contribution is 5.92. The van der Waals surface area contributed by atoms with Gasteiger partial charge in [0.05, 0.1) is 0 Å². The van der Waals surface area contributed by atoms with Crippen LogP contribution in [0.2, 0.25) is 0 Å². The first-order valence-corrected chi connectivity index (χ1v) is 10.9. The minimum atomic E-state index is -0.0166. The lowest BCUT2D eigenvalue weighted by Crippen LogP contribution is -2.59. The van der Waals surface area contributed by atoms with Crippen LogP contribution in [0.25, 0.3) is 0 Å². The lowest BCUT2D eigenvalue weighted by Gasteiger charge is -2.54. The van der Waals surface area contributed by atoms with Crippen LogP contribution in [0.1, 0.15) is 55.4 Å². The molecule has 150 valence electrons. The lowest BCUT2D eigenvalue weighted by molar-refractivity contribution is -0.00960. The quantitative estimate of drug-likeness (QED) is 0.844. The highest BCUT2D eigenvalue weighted by Crippen LogP contribution is 2.53. The summed E-state index contributed by atoms with van der Waals surface area (Å²) in [6, 6.07) is 5.92. The Morgan fingerprint density at radius 1 is 0.929 bits per heavy atom. The Bertz CT molecular complexity index is 701. The van der Waals surface area contributed by atoms with Crippen molar-refractivity contribution in [3.63, 3.8) is 0 Å². The molecular formula is C22H30N4O2. The van der Waals surface area contributed by atoms with E-state index in [4.69, 9.17) is 0 Å². The minimum absolute atomic E-state index is 0.00743. The third kappa shape index (κ3) is 3.49. The molecule has 1 aromatic heterocycles. The molecule has 4 bridgehead atoms. The second-order valence-electron chi connectivity index (χ2n) is 9.36. The molecule has 4 aliphatic carbocycles. The molecule has 2 N–H and O–H groups in total. The van der Waals surface area contributed by atoms with Crippen molar-refractivity contribution in [2.45, 2.75) is 57.0 Å². The monoisotopic (exact) mass is 382 g/mol. The van der Waals surface area contributed by atoms with Gasteiger partial charge in [-0.05, 0) is 80.8 Å². The van der Waals surface area contributed by atoms with Crippen molar-refractivity contribution in [3.8, 4) is 0 Å². The fourth-order valence-corrected chi connectivity index (χ4v) is 6.42. The SMILES string of the molecule is O=C(NC1CCN(C(=O)c2ccccn2)CC1)NC1C2CC3CC(C2)CC1C3. The summed E-state index contributed by atoms with van der Waals surface area (Å²) in [5.41, 5.74) is 0.494. The topological polar surface area (TPSA) is 74.3 Å². The van der Waals surface area contributed by atoms with Crippen molar-refractivity contribution >= 4 is 11.9 Å². The van der Waals surface area contributed by atoms with Crippen molar-refractivity contribution < 1.29 is 9.59 Å². The van der Waals surface area contributed by atoms with Crippen molar-refractivity contribution in [2.75, 3.05) is 13.1 Å². The van der Waals surface area contributed by atoms with Gasteiger partial charge in [0.25, 0.3) is 5.91 Å². The lowest BCUT2D eigenvalue weighted by atomic mass is 9.54. The minimum Gasteiger partial charge on any atom is -0.337 e. The van der Waals surface area contributed by atoms with Crippen LogP contribution in [0, 0.1) is 23.7 Å². The highest BCUT2D eigenvalue weighted by atomic mass is 16.2. The molecule has 1 saturated heterocycles. The number of nitrogens with one attached hydrogen (secondary N) is 2. The Morgan fingerprint density at radius 3 is 2.21 bits per heavy atom. The fourth-order valence-electron chi connectivity index (χ4n) is 6.42. The Hall–Kier alpha value is -2.11. The van der Waals surface area contributed by atoms with Crippen LogP contribution >= 0.6 is 0 Å². The van der Waals surface area contributed by atoms with E-state index < -0.39 is 0 Å². The van der Waals surface area contributed by atoms with E-state index in [-0.39, 0.29) is 18.0 Å². The van der Waals surface area contributed by atoms with Crippen molar-refractivity contribution in [1.82, 2.24) is 20.5 Å². The summed E-state index contributed by atoms with van der Waals surface area (Å²) in [6.07, 6.45) is 9.93. The van der Waals surface area contributed by atoms with E-state index in [0.29, 0.717) is 36.7 Å². The van der Waals surface area contributed by atoms with Gasteiger partial charge >= 0.3 is 6.03 Å². The molecule has 6 rings (SSSR count). The molecule has 1 aromatic rings. The van der Waals surface area contributed by atoms with Gasteiger partial charge in [0, 0.05) is 31.4 Å². The standard InChI is InChI=1S/C22H30N4O2/c27-21(19-3-1-2-6-23-19)26-7-4-18(5-8-26)24-22(28)25-20-16-10-14-9-15(12-16)13-17(20)11-14/h1-3,6,14-18,20H,4-5,7-13H2,(H2,24,25,28). The van der Waals surface area contributed by atoms with Crippen molar-refractivity contribution in [2.24, 2.45) is 23.7 Å². The molecule has 0 spiro atoms. The maximum Gasteiger partial charge on any atom is 0.315 e. The molecule has 2 heterocycles. The van der Waals surface area contributed by atoms with Crippen LogP contribution < -0.4 is 10.6 Å². The molecule has 3 amide bonds. The van der Waals surface area contributed by atoms with E-state index in [1.54, 1.807) is 12.3 Å². The van der Waals surface area contributed by atoms with Crippen LogP contribution in [0.15, 0.2) is 24.4 Å². The maximum absolute atomic E-state index is 12.6. The van der Waals surface area contributed by atoms with Crippen LogP contribution in [0.3, 0.4) is 0 Å². The average Bonchev–Trinajstić information content (AvgIpc) is 2.71. The van der Waals surface area contributed by atoms with Gasteiger partial charge < -0.3 is 15.5 Å². The number of amides is 3. The smallest absolute Gasteiger partial charge is 0.315 e. The average molecular weight is 383 g/mol. The fraction of sp³-hybridized carbons (Fsp3) is 0.682. The summed E-state index contributed by atoms with van der Waals surface area (Å²) in [7, 11) is 0. The van der Waals surface area contributed by atoms with Crippen LogP contribution in [0.5, 0.6) is 0 Å². The number of carbonyl (C=O) groups excluding carboxylic acids is 2. The number of piperidine rings is 1. The van der Waals surface area contributed by atoms with Gasteiger partial charge in [0.1, 0.15) is 5.69 Å². The van der Waals surface area contributed by atoms with E-state index in [9.17, 15) is 9.59 Å². The molecule has 5 aliphatic rings. The molecule has 0 atom stereocenters. The van der Waals surface area contributed by atoms with Gasteiger partial charge in [0.2, 0.25) is 0 Å². The number of aromatic nitrogens is 1. The number of carbonyl (C=O) groups is 2. The Morgan fingerprint density at radius 2 is 1.61 bits per heavy atom. The number of nitrogens with zero attached hydrogens (tertiary/aromatic N) is 2. The highest BCUT2D eigenvalue weighted by Gasteiger charge is 2.48. The zero-order chi connectivity index (χ0) is 19.1. The summed E-state index contributed by atoms with van der Waals surface area (Å²) >= 11 is 0. The van der Waals surface area contributed by atoms with E-state index in [0.717, 1.165) is 24.7 Å². The zero-order valence-electron chi connectivity index (χ0n) is 16.3. The molecule has 0 aromatic carbocycles. The first-order valence-electron chi connectivity index (χ1n) is 10.9. The predicted octanol–water partition coefficient (Wildman–Crippen LogP) is 2.81. The Balaban J connectivity index is 1.10. The second kappa shape index (κ2) is 7.37. The van der Waals surface area contributed by atoms with Gasteiger partial charge in [-0.25, -0.2) is 4.79 Å². The molecule has 28 heavy (non-hydrogen) atoms. The third-order valence-electron chi connectivity index (χ3n) is 7.53. The molecule has 4 saturated carbocycles. The normalized spacial score (nSPS) is 34.3. The molecule has 0 unspecified atom stereocenters. The molecule has 1 aliphatic heterocycles. The molecule has 5 fully saturated rings. The van der Waals surface area contributed by atoms with Crippen LogP contribution in [0.4, 0.5) is 4.79 Å². The molecule has 0 radical (unpaired) electrons. The third-order valence-corrected chi connectivity index (χ3v) is 7.53. The molecule has 6 nitrogen and oxygen atoms in total. The van der Waals surface area contributed by atoms with E-state index >= 15 is 0 Å². The summed E-state index contributed by atoms with van der Waals surface area (Å²) in [4.78, 5) is 31.1. The Kier molecular flexibility index (Phi) is 4.73. The number of hydrogen-bond donors (Lipinski definition) is 2. The van der Waals surface area contributed by atoms with Crippen LogP contribution in [-0.4, -0.2) is 47.0 Å². The summed E-state index contributed by atoms with van der Waals surface area (Å²) in [6.45, 7) is 1.33. The van der Waals surface area contributed by atoms with E-state index in [1.807, 2.05) is 17.0 Å². The number of urea groups is 1. The Labute approximate surface area is 166 Å². The number of rotatable bonds is 3. The van der Waals surface area contributed by atoms with Gasteiger partial charge in [-0.1, -0.05) is 6.07 Å². The first kappa shape index (κ1) is 18.0. The predicted molar refractivity (Wildman–Crippen MR) is 106 cm³/mol. The number of hydrogen-bond acceptors (Lipinski definition) is 3. The summed E-state index contributed by atoms with van der Waals surface area (Å²) in [5.74, 6) is 3.21. The van der Waals surface area contributed by atoms with Crippen molar-refractivity contribution in [3.05, 3.63) is 30.1 Å². The maximum atomic E-state index is 12.6. The molecular weight excluding hydrogens is 352 g/mol. The zero-order valence-corrected chi connectivity index (χ0v) is 16.3. The largest absolute Gasteiger partial charge is 0.337 e.